The van der Waals surface area contributed by atoms with Crippen molar-refractivity contribution < 1.29 is 8.42 Å². The second kappa shape index (κ2) is 5.63. The van der Waals surface area contributed by atoms with Crippen molar-refractivity contribution in [1.29, 1.82) is 0 Å². The maximum atomic E-state index is 11.5. The number of rotatable bonds is 3. The Morgan fingerprint density at radius 1 is 1.20 bits per heavy atom. The number of hydrogen-bond acceptors (Lipinski definition) is 4. The van der Waals surface area contributed by atoms with Crippen LogP contribution in [0.5, 0.6) is 0 Å². The van der Waals surface area contributed by atoms with E-state index in [9.17, 15) is 8.42 Å². The summed E-state index contributed by atoms with van der Waals surface area (Å²) in [7, 11) is -3.27. The molecule has 106 valence electrons. The van der Waals surface area contributed by atoms with E-state index in [1.54, 1.807) is 18.2 Å². The van der Waals surface area contributed by atoms with Crippen molar-refractivity contribution in [3.05, 3.63) is 45.9 Å². The molecule has 0 atom stereocenters. The summed E-state index contributed by atoms with van der Waals surface area (Å²) in [6.07, 6.45) is 1.14. The van der Waals surface area contributed by atoms with Gasteiger partial charge in [-0.05, 0) is 46.3 Å². The van der Waals surface area contributed by atoms with Gasteiger partial charge in [0.15, 0.2) is 9.84 Å². The minimum absolute atomic E-state index is 0.186. The number of sulfone groups is 1. The second-order valence-electron chi connectivity index (χ2n) is 4.25. The van der Waals surface area contributed by atoms with Gasteiger partial charge < -0.3 is 11.1 Å². The zero-order valence-electron chi connectivity index (χ0n) is 10.5. The predicted octanol–water partition coefficient (Wildman–Crippen LogP) is 3.83. The van der Waals surface area contributed by atoms with E-state index in [-0.39, 0.29) is 4.90 Å². The summed E-state index contributed by atoms with van der Waals surface area (Å²) in [5, 5.41) is 3.68. The number of halogens is 2. The van der Waals surface area contributed by atoms with E-state index < -0.39 is 9.84 Å². The first kappa shape index (κ1) is 15.2. The Labute approximate surface area is 131 Å². The lowest BCUT2D eigenvalue weighted by molar-refractivity contribution is 0.602. The number of hydrogen-bond donors (Lipinski definition) is 2. The van der Waals surface area contributed by atoms with E-state index >= 15 is 0 Å². The van der Waals surface area contributed by atoms with Gasteiger partial charge in [-0.1, -0.05) is 17.7 Å². The van der Waals surface area contributed by atoms with E-state index in [1.165, 1.54) is 12.1 Å². The molecule has 0 aromatic heterocycles. The molecule has 0 saturated carbocycles. The molecule has 2 aromatic carbocycles. The van der Waals surface area contributed by atoms with Gasteiger partial charge >= 0.3 is 0 Å². The molecule has 0 aliphatic rings. The van der Waals surface area contributed by atoms with E-state index in [0.29, 0.717) is 20.9 Å². The Hall–Kier alpha value is -1.24. The molecule has 0 spiro atoms. The summed E-state index contributed by atoms with van der Waals surface area (Å²) in [6.45, 7) is 0. The minimum Gasteiger partial charge on any atom is -0.397 e. The molecule has 0 heterocycles. The summed E-state index contributed by atoms with van der Waals surface area (Å²) < 4.78 is 23.6. The standard InChI is InChI=1S/C13H12BrClN2O2S/c1-20(18,19)8-5-6-11(10(16)7-8)17-12-4-2-3-9(15)13(12)14/h2-7,17H,16H2,1H3. The molecule has 0 amide bonds. The van der Waals surface area contributed by atoms with E-state index in [1.807, 2.05) is 6.07 Å². The molecular formula is C13H12BrClN2O2S. The highest BCUT2D eigenvalue weighted by Crippen LogP contribution is 2.34. The van der Waals surface area contributed by atoms with Gasteiger partial charge in [0.2, 0.25) is 0 Å². The molecule has 20 heavy (non-hydrogen) atoms. The second-order valence-corrected chi connectivity index (χ2v) is 7.46. The summed E-state index contributed by atoms with van der Waals surface area (Å²) in [5.41, 5.74) is 7.58. The lowest BCUT2D eigenvalue weighted by atomic mass is 10.2. The Balaban J connectivity index is 2.38. The third-order valence-corrected chi connectivity index (χ3v) is 5.18. The summed E-state index contributed by atoms with van der Waals surface area (Å²) >= 11 is 9.38. The van der Waals surface area contributed by atoms with Crippen molar-refractivity contribution in [2.75, 3.05) is 17.3 Å². The molecular weight excluding hydrogens is 364 g/mol. The van der Waals surface area contributed by atoms with Crippen molar-refractivity contribution >= 4 is 54.4 Å². The fraction of sp³-hybridized carbons (Fsp3) is 0.0769. The van der Waals surface area contributed by atoms with Crippen LogP contribution in [-0.4, -0.2) is 14.7 Å². The van der Waals surface area contributed by atoms with Crippen molar-refractivity contribution in [2.45, 2.75) is 4.90 Å². The Morgan fingerprint density at radius 2 is 1.90 bits per heavy atom. The first-order valence-electron chi connectivity index (χ1n) is 5.59. The average Bonchev–Trinajstić information content (AvgIpc) is 2.36. The SMILES string of the molecule is CS(=O)(=O)c1ccc(Nc2cccc(Cl)c2Br)c(N)c1. The van der Waals surface area contributed by atoms with Crippen molar-refractivity contribution in [3.8, 4) is 0 Å². The number of nitrogens with one attached hydrogen (secondary N) is 1. The lowest BCUT2D eigenvalue weighted by Gasteiger charge is -2.12. The smallest absolute Gasteiger partial charge is 0.175 e. The normalized spacial score (nSPS) is 11.3. The zero-order valence-corrected chi connectivity index (χ0v) is 13.7. The molecule has 0 fully saturated rings. The Kier molecular flexibility index (Phi) is 4.27. The van der Waals surface area contributed by atoms with Crippen LogP contribution in [0.2, 0.25) is 5.02 Å². The van der Waals surface area contributed by atoms with Gasteiger partial charge in [0, 0.05) is 6.26 Å². The highest BCUT2D eigenvalue weighted by Gasteiger charge is 2.11. The quantitative estimate of drug-likeness (QED) is 0.800. The summed E-state index contributed by atoms with van der Waals surface area (Å²) in [5.74, 6) is 0. The van der Waals surface area contributed by atoms with Crippen molar-refractivity contribution in [1.82, 2.24) is 0 Å². The zero-order chi connectivity index (χ0) is 14.9. The van der Waals surface area contributed by atoms with Gasteiger partial charge in [0.25, 0.3) is 0 Å². The van der Waals surface area contributed by atoms with Gasteiger partial charge in [0.05, 0.1) is 31.5 Å². The van der Waals surface area contributed by atoms with Gasteiger partial charge in [-0.25, -0.2) is 8.42 Å². The molecule has 2 rings (SSSR count). The number of anilines is 3. The third kappa shape index (κ3) is 3.26. The summed E-state index contributed by atoms with van der Waals surface area (Å²) in [6, 6.07) is 9.95. The largest absolute Gasteiger partial charge is 0.397 e. The minimum atomic E-state index is -3.27. The monoisotopic (exact) mass is 374 g/mol. The molecule has 0 aliphatic heterocycles. The van der Waals surface area contributed by atoms with Crippen LogP contribution in [0.25, 0.3) is 0 Å². The molecule has 0 saturated heterocycles. The van der Waals surface area contributed by atoms with Gasteiger partial charge in [-0.15, -0.1) is 0 Å². The van der Waals surface area contributed by atoms with Gasteiger partial charge in [-0.2, -0.15) is 0 Å². The van der Waals surface area contributed by atoms with E-state index in [0.717, 1.165) is 11.9 Å². The van der Waals surface area contributed by atoms with Crippen molar-refractivity contribution in [3.63, 3.8) is 0 Å². The first-order chi connectivity index (χ1) is 9.29. The lowest BCUT2D eigenvalue weighted by Crippen LogP contribution is -2.01. The Bertz CT molecular complexity index is 763. The van der Waals surface area contributed by atoms with E-state index in [2.05, 4.69) is 21.2 Å². The molecule has 4 nitrogen and oxygen atoms in total. The topological polar surface area (TPSA) is 72.2 Å². The maximum Gasteiger partial charge on any atom is 0.175 e. The maximum absolute atomic E-state index is 11.5. The van der Waals surface area contributed by atoms with Crippen LogP contribution >= 0.6 is 27.5 Å². The van der Waals surface area contributed by atoms with Gasteiger partial charge in [-0.3, -0.25) is 0 Å². The fourth-order valence-corrected chi connectivity index (χ4v) is 2.82. The summed E-state index contributed by atoms with van der Waals surface area (Å²) in [4.78, 5) is 0.186. The molecule has 0 unspecified atom stereocenters. The highest BCUT2D eigenvalue weighted by molar-refractivity contribution is 9.10. The van der Waals surface area contributed by atoms with Crippen LogP contribution in [0, 0.1) is 0 Å². The third-order valence-electron chi connectivity index (χ3n) is 2.67. The molecule has 2 aromatic rings. The number of benzene rings is 2. The van der Waals surface area contributed by atoms with Crippen LogP contribution < -0.4 is 11.1 Å². The van der Waals surface area contributed by atoms with Gasteiger partial charge in [0.1, 0.15) is 0 Å². The number of nitrogen functional groups attached to an aromatic ring is 1. The average molecular weight is 376 g/mol. The molecule has 7 heteroatoms. The molecule has 0 bridgehead atoms. The van der Waals surface area contributed by atoms with E-state index in [4.69, 9.17) is 17.3 Å². The first-order valence-corrected chi connectivity index (χ1v) is 8.66. The van der Waals surface area contributed by atoms with Crippen LogP contribution in [0.4, 0.5) is 17.1 Å². The Morgan fingerprint density at radius 3 is 2.50 bits per heavy atom. The fourth-order valence-electron chi connectivity index (χ4n) is 1.63. The molecule has 3 N–H and O–H groups in total. The predicted molar refractivity (Wildman–Crippen MR) is 86.4 cm³/mol. The highest BCUT2D eigenvalue weighted by atomic mass is 79.9. The number of nitrogens with two attached hydrogens (primary N) is 1. The molecule has 0 aliphatic carbocycles. The van der Waals surface area contributed by atoms with Crippen LogP contribution in [0.1, 0.15) is 0 Å². The van der Waals surface area contributed by atoms with Crippen LogP contribution in [0.3, 0.4) is 0 Å². The van der Waals surface area contributed by atoms with Crippen LogP contribution in [-0.2, 0) is 9.84 Å². The van der Waals surface area contributed by atoms with Crippen molar-refractivity contribution in [2.24, 2.45) is 0 Å². The molecule has 0 radical (unpaired) electrons. The van der Waals surface area contributed by atoms with Crippen LogP contribution in [0.15, 0.2) is 45.8 Å².